The smallest absolute Gasteiger partial charge is 0.241 e. The van der Waals surface area contributed by atoms with Crippen LogP contribution in [0.5, 0.6) is 11.5 Å². The van der Waals surface area contributed by atoms with Crippen LogP contribution < -0.4 is 20.5 Å². The van der Waals surface area contributed by atoms with Gasteiger partial charge in [-0.05, 0) is 21.8 Å². The largest absolute Gasteiger partial charge is 0.486 e. The summed E-state index contributed by atoms with van der Waals surface area (Å²) in [5.41, 5.74) is 6.44. The lowest BCUT2D eigenvalue weighted by Gasteiger charge is -2.21. The molecule has 0 fully saturated rings. The van der Waals surface area contributed by atoms with Crippen molar-refractivity contribution in [2.75, 3.05) is 18.5 Å². The normalized spacial score (nSPS) is 15.2. The van der Waals surface area contributed by atoms with Crippen LogP contribution in [0.1, 0.15) is 13.8 Å². The van der Waals surface area contributed by atoms with Gasteiger partial charge in [-0.1, -0.05) is 13.8 Å². The van der Waals surface area contributed by atoms with E-state index >= 15 is 0 Å². The van der Waals surface area contributed by atoms with E-state index in [4.69, 9.17) is 15.2 Å². The summed E-state index contributed by atoms with van der Waals surface area (Å²) >= 11 is 3.40. The minimum absolute atomic E-state index is 0.0796. The van der Waals surface area contributed by atoms with Crippen molar-refractivity contribution in [1.29, 1.82) is 0 Å². The maximum absolute atomic E-state index is 11.9. The predicted molar refractivity (Wildman–Crippen MR) is 76.6 cm³/mol. The van der Waals surface area contributed by atoms with Gasteiger partial charge in [-0.15, -0.1) is 0 Å². The molecule has 1 amide bonds. The lowest BCUT2D eigenvalue weighted by atomic mass is 10.0. The van der Waals surface area contributed by atoms with Crippen LogP contribution >= 0.6 is 15.9 Å². The molecule has 1 aromatic carbocycles. The molecule has 0 saturated carbocycles. The standard InChI is InChI=1S/C13H17BrN2O3/c1-7(2)12(15)13(17)16-9-6-11-10(5-8(9)14)18-3-4-19-11/h5-7,12H,3-4,15H2,1-2H3,(H,16,17). The molecule has 0 aliphatic carbocycles. The maximum atomic E-state index is 11.9. The lowest BCUT2D eigenvalue weighted by Crippen LogP contribution is -2.39. The zero-order valence-corrected chi connectivity index (χ0v) is 12.5. The predicted octanol–water partition coefficient (Wildman–Crippen LogP) is 2.14. The van der Waals surface area contributed by atoms with E-state index in [1.54, 1.807) is 12.1 Å². The van der Waals surface area contributed by atoms with Crippen molar-refractivity contribution >= 4 is 27.5 Å². The van der Waals surface area contributed by atoms with E-state index in [1.807, 2.05) is 13.8 Å². The zero-order valence-electron chi connectivity index (χ0n) is 10.9. The number of ether oxygens (including phenoxy) is 2. The second kappa shape index (κ2) is 5.79. The number of carbonyl (C=O) groups is 1. The number of nitrogens with one attached hydrogen (secondary N) is 1. The molecule has 0 aromatic heterocycles. The number of halogens is 1. The first-order chi connectivity index (χ1) is 8.99. The van der Waals surface area contributed by atoms with Gasteiger partial charge in [0.05, 0.1) is 11.7 Å². The SMILES string of the molecule is CC(C)C(N)C(=O)Nc1cc2c(cc1Br)OCCO2. The number of carbonyl (C=O) groups excluding carboxylic acids is 1. The first-order valence-electron chi connectivity index (χ1n) is 6.14. The van der Waals surface area contributed by atoms with Crippen LogP contribution in [-0.2, 0) is 4.79 Å². The first kappa shape index (κ1) is 14.1. The van der Waals surface area contributed by atoms with Gasteiger partial charge in [-0.3, -0.25) is 4.79 Å². The summed E-state index contributed by atoms with van der Waals surface area (Å²) in [5, 5.41) is 2.80. The number of anilines is 1. The molecule has 1 heterocycles. The Hall–Kier alpha value is -1.27. The van der Waals surface area contributed by atoms with Gasteiger partial charge in [0, 0.05) is 16.6 Å². The molecule has 6 heteroatoms. The average Bonchev–Trinajstić information content (AvgIpc) is 2.38. The van der Waals surface area contributed by atoms with Crippen LogP contribution in [0.3, 0.4) is 0 Å². The highest BCUT2D eigenvalue weighted by molar-refractivity contribution is 9.10. The van der Waals surface area contributed by atoms with E-state index in [9.17, 15) is 4.79 Å². The number of nitrogens with two attached hydrogens (primary N) is 1. The van der Waals surface area contributed by atoms with Gasteiger partial charge >= 0.3 is 0 Å². The molecule has 19 heavy (non-hydrogen) atoms. The molecular weight excluding hydrogens is 312 g/mol. The Morgan fingerprint density at radius 2 is 1.89 bits per heavy atom. The lowest BCUT2D eigenvalue weighted by molar-refractivity contribution is -0.118. The zero-order chi connectivity index (χ0) is 14.0. The highest BCUT2D eigenvalue weighted by Gasteiger charge is 2.20. The Morgan fingerprint density at radius 1 is 1.32 bits per heavy atom. The Balaban J connectivity index is 2.19. The van der Waals surface area contributed by atoms with E-state index in [0.717, 1.165) is 4.47 Å². The highest BCUT2D eigenvalue weighted by Crippen LogP contribution is 2.38. The summed E-state index contributed by atoms with van der Waals surface area (Å²) < 4.78 is 11.7. The molecule has 1 unspecified atom stereocenters. The van der Waals surface area contributed by atoms with Gasteiger partial charge in [-0.25, -0.2) is 0 Å². The van der Waals surface area contributed by atoms with E-state index in [1.165, 1.54) is 0 Å². The van der Waals surface area contributed by atoms with E-state index in [0.29, 0.717) is 30.4 Å². The quantitative estimate of drug-likeness (QED) is 0.891. The van der Waals surface area contributed by atoms with Crippen LogP contribution in [0, 0.1) is 5.92 Å². The Bertz CT molecular complexity index is 491. The molecule has 5 nitrogen and oxygen atoms in total. The number of fused-ring (bicyclic) bond motifs is 1. The highest BCUT2D eigenvalue weighted by atomic mass is 79.9. The Labute approximate surface area is 120 Å². The third-order valence-corrected chi connectivity index (χ3v) is 3.57. The molecular formula is C13H17BrN2O3. The van der Waals surface area contributed by atoms with Gasteiger partial charge in [0.1, 0.15) is 13.2 Å². The Kier molecular flexibility index (Phi) is 4.31. The van der Waals surface area contributed by atoms with Crippen molar-refractivity contribution in [3.05, 3.63) is 16.6 Å². The summed E-state index contributed by atoms with van der Waals surface area (Å²) in [6.45, 7) is 4.85. The van der Waals surface area contributed by atoms with Crippen molar-refractivity contribution in [2.24, 2.45) is 11.7 Å². The van der Waals surface area contributed by atoms with E-state index < -0.39 is 6.04 Å². The second-order valence-corrected chi connectivity index (χ2v) is 5.59. The van der Waals surface area contributed by atoms with Crippen molar-refractivity contribution in [3.8, 4) is 11.5 Å². The summed E-state index contributed by atoms with van der Waals surface area (Å²) in [5.74, 6) is 1.16. The fraction of sp³-hybridized carbons (Fsp3) is 0.462. The molecule has 0 bridgehead atoms. The summed E-state index contributed by atoms with van der Waals surface area (Å²) in [4.78, 5) is 11.9. The molecule has 1 aliphatic rings. The van der Waals surface area contributed by atoms with Gasteiger partial charge < -0.3 is 20.5 Å². The molecule has 2 rings (SSSR count). The maximum Gasteiger partial charge on any atom is 0.241 e. The molecule has 1 aliphatic heterocycles. The number of amides is 1. The molecule has 104 valence electrons. The summed E-state index contributed by atoms with van der Waals surface area (Å²) in [7, 11) is 0. The third kappa shape index (κ3) is 3.19. The molecule has 0 spiro atoms. The summed E-state index contributed by atoms with van der Waals surface area (Å²) in [6, 6.07) is 2.98. The fourth-order valence-corrected chi connectivity index (χ4v) is 2.10. The number of hydrogen-bond acceptors (Lipinski definition) is 4. The van der Waals surface area contributed by atoms with Crippen molar-refractivity contribution < 1.29 is 14.3 Å². The molecule has 1 atom stereocenters. The van der Waals surface area contributed by atoms with Crippen LogP contribution in [0.25, 0.3) is 0 Å². The molecule has 1 aromatic rings. The van der Waals surface area contributed by atoms with Crippen LogP contribution in [-0.4, -0.2) is 25.2 Å². The van der Waals surface area contributed by atoms with Crippen LogP contribution in [0.15, 0.2) is 16.6 Å². The van der Waals surface area contributed by atoms with Crippen molar-refractivity contribution in [2.45, 2.75) is 19.9 Å². The molecule has 0 saturated heterocycles. The molecule has 3 N–H and O–H groups in total. The Morgan fingerprint density at radius 3 is 2.47 bits per heavy atom. The van der Waals surface area contributed by atoms with Crippen LogP contribution in [0.2, 0.25) is 0 Å². The van der Waals surface area contributed by atoms with Gasteiger partial charge in [0.2, 0.25) is 5.91 Å². The third-order valence-electron chi connectivity index (χ3n) is 2.91. The van der Waals surface area contributed by atoms with Crippen molar-refractivity contribution in [1.82, 2.24) is 0 Å². The van der Waals surface area contributed by atoms with Gasteiger partial charge in [-0.2, -0.15) is 0 Å². The topological polar surface area (TPSA) is 73.6 Å². The minimum atomic E-state index is -0.542. The average molecular weight is 329 g/mol. The number of rotatable bonds is 3. The van der Waals surface area contributed by atoms with Crippen molar-refractivity contribution in [3.63, 3.8) is 0 Å². The van der Waals surface area contributed by atoms with E-state index in [-0.39, 0.29) is 11.8 Å². The van der Waals surface area contributed by atoms with E-state index in [2.05, 4.69) is 21.2 Å². The number of benzene rings is 1. The monoisotopic (exact) mass is 328 g/mol. The molecule has 0 radical (unpaired) electrons. The summed E-state index contributed by atoms with van der Waals surface area (Å²) in [6.07, 6.45) is 0. The number of hydrogen-bond donors (Lipinski definition) is 2. The van der Waals surface area contributed by atoms with Gasteiger partial charge in [0.15, 0.2) is 11.5 Å². The van der Waals surface area contributed by atoms with Gasteiger partial charge in [0.25, 0.3) is 0 Å². The fourth-order valence-electron chi connectivity index (χ4n) is 1.68. The second-order valence-electron chi connectivity index (χ2n) is 4.73. The minimum Gasteiger partial charge on any atom is -0.486 e. The first-order valence-corrected chi connectivity index (χ1v) is 6.94. The van der Waals surface area contributed by atoms with Crippen LogP contribution in [0.4, 0.5) is 5.69 Å².